The summed E-state index contributed by atoms with van der Waals surface area (Å²) in [6.45, 7) is 9.99. The molecule has 38 heavy (non-hydrogen) atoms. The average Bonchev–Trinajstić information content (AvgIpc) is 2.88. The fourth-order valence-electron chi connectivity index (χ4n) is 4.01. The number of halogens is 1. The molecule has 9 nitrogen and oxygen atoms in total. The number of hydrogen-bond donors (Lipinski definition) is 4. The van der Waals surface area contributed by atoms with Gasteiger partial charge in [0.2, 0.25) is 5.91 Å². The number of hydrogen-bond acceptors (Lipinski definition) is 7. The Hall–Kier alpha value is -2.07. The minimum absolute atomic E-state index is 0. The van der Waals surface area contributed by atoms with Crippen LogP contribution in [0.15, 0.2) is 18.2 Å². The SMILES string of the molecule is CCCCNC(=O)C(C)CC(O)C(N)CC(CNC(=O)c1cccc(OC)c1OCCCOC)C(C)C.Cl. The van der Waals surface area contributed by atoms with E-state index in [-0.39, 0.29) is 42.0 Å². The van der Waals surface area contributed by atoms with Gasteiger partial charge in [0.1, 0.15) is 0 Å². The number of aliphatic hydroxyl groups is 1. The van der Waals surface area contributed by atoms with E-state index in [2.05, 4.69) is 31.4 Å². The molecule has 5 N–H and O–H groups in total. The number of amides is 2. The lowest BCUT2D eigenvalue weighted by Gasteiger charge is -2.28. The molecular formula is C28H50ClN3O6. The molecule has 1 rings (SSSR count). The molecule has 1 aromatic rings. The molecule has 10 heteroatoms. The summed E-state index contributed by atoms with van der Waals surface area (Å²) in [6.07, 6.45) is 2.62. The third-order valence-electron chi connectivity index (χ3n) is 6.59. The summed E-state index contributed by atoms with van der Waals surface area (Å²) in [5, 5.41) is 16.6. The van der Waals surface area contributed by atoms with E-state index >= 15 is 0 Å². The number of aliphatic hydroxyl groups excluding tert-OH is 1. The largest absolute Gasteiger partial charge is 0.493 e. The molecule has 1 aromatic carbocycles. The molecule has 0 spiro atoms. The third-order valence-corrected chi connectivity index (χ3v) is 6.59. The van der Waals surface area contributed by atoms with Crippen LogP contribution in [-0.2, 0) is 9.53 Å². The molecule has 0 saturated carbocycles. The predicted octanol–water partition coefficient (Wildman–Crippen LogP) is 3.56. The monoisotopic (exact) mass is 559 g/mol. The minimum atomic E-state index is -0.811. The highest BCUT2D eigenvalue weighted by Crippen LogP contribution is 2.31. The van der Waals surface area contributed by atoms with Gasteiger partial charge in [0.25, 0.3) is 5.91 Å². The van der Waals surface area contributed by atoms with Crippen molar-refractivity contribution in [3.05, 3.63) is 23.8 Å². The lowest BCUT2D eigenvalue weighted by Crippen LogP contribution is -2.42. The van der Waals surface area contributed by atoms with Crippen molar-refractivity contribution in [2.75, 3.05) is 40.5 Å². The van der Waals surface area contributed by atoms with Crippen molar-refractivity contribution < 1.29 is 28.9 Å². The van der Waals surface area contributed by atoms with Gasteiger partial charge in [-0.05, 0) is 43.2 Å². The van der Waals surface area contributed by atoms with Crippen molar-refractivity contribution in [2.45, 2.75) is 71.9 Å². The Morgan fingerprint density at radius 1 is 1.05 bits per heavy atom. The zero-order valence-corrected chi connectivity index (χ0v) is 24.8. The van der Waals surface area contributed by atoms with Crippen molar-refractivity contribution >= 4 is 24.2 Å². The Morgan fingerprint density at radius 3 is 2.37 bits per heavy atom. The highest BCUT2D eigenvalue weighted by Gasteiger charge is 2.26. The van der Waals surface area contributed by atoms with Gasteiger partial charge in [-0.1, -0.05) is 40.2 Å². The van der Waals surface area contributed by atoms with Gasteiger partial charge in [-0.2, -0.15) is 0 Å². The topological polar surface area (TPSA) is 132 Å². The highest BCUT2D eigenvalue weighted by molar-refractivity contribution is 5.97. The fourth-order valence-corrected chi connectivity index (χ4v) is 4.01. The number of benzene rings is 1. The zero-order chi connectivity index (χ0) is 27.8. The van der Waals surface area contributed by atoms with Gasteiger partial charge in [0.15, 0.2) is 11.5 Å². The number of ether oxygens (including phenoxy) is 3. The first-order valence-corrected chi connectivity index (χ1v) is 13.4. The molecule has 0 aromatic heterocycles. The summed E-state index contributed by atoms with van der Waals surface area (Å²) in [7, 11) is 3.17. The predicted molar refractivity (Wildman–Crippen MR) is 153 cm³/mol. The van der Waals surface area contributed by atoms with Crippen LogP contribution in [-0.4, -0.2) is 69.6 Å². The number of rotatable bonds is 19. The average molecular weight is 560 g/mol. The van der Waals surface area contributed by atoms with Crippen LogP contribution in [0, 0.1) is 17.8 Å². The Balaban J connectivity index is 0.0000137. The molecule has 0 aliphatic rings. The molecule has 0 aliphatic carbocycles. The van der Waals surface area contributed by atoms with Gasteiger partial charge < -0.3 is 35.7 Å². The maximum absolute atomic E-state index is 13.1. The normalized spacial score (nSPS) is 14.1. The molecule has 4 atom stereocenters. The standard InChI is InChI=1S/C28H49N3O6.ClH/c1-7-8-13-30-27(33)20(4)16-24(32)23(29)17-21(19(2)3)18-31-28(34)22-11-9-12-25(36-6)26(22)37-15-10-14-35-5;/h9,11-12,19-21,23-24,32H,7-8,10,13-18,29H2,1-6H3,(H,30,33)(H,31,34);1H. The maximum Gasteiger partial charge on any atom is 0.255 e. The number of nitrogens with two attached hydrogens (primary N) is 1. The fraction of sp³-hybridized carbons (Fsp3) is 0.714. The van der Waals surface area contributed by atoms with Gasteiger partial charge in [0, 0.05) is 45.2 Å². The Labute approximate surface area is 235 Å². The van der Waals surface area contributed by atoms with Crippen LogP contribution in [0.2, 0.25) is 0 Å². The van der Waals surface area contributed by atoms with E-state index in [0.29, 0.717) is 62.6 Å². The molecule has 0 fully saturated rings. The van der Waals surface area contributed by atoms with Crippen molar-refractivity contribution in [3.8, 4) is 11.5 Å². The first kappa shape index (κ1) is 35.9. The maximum atomic E-state index is 13.1. The summed E-state index contributed by atoms with van der Waals surface area (Å²) in [6, 6.07) is 4.70. The quantitative estimate of drug-likeness (QED) is 0.190. The summed E-state index contributed by atoms with van der Waals surface area (Å²) in [5.74, 6) is 0.498. The highest BCUT2D eigenvalue weighted by atomic mass is 35.5. The van der Waals surface area contributed by atoms with Gasteiger partial charge in [-0.15, -0.1) is 12.4 Å². The van der Waals surface area contributed by atoms with Gasteiger partial charge in [-0.3, -0.25) is 9.59 Å². The van der Waals surface area contributed by atoms with Crippen molar-refractivity contribution in [1.29, 1.82) is 0 Å². The second-order valence-corrected chi connectivity index (χ2v) is 9.99. The molecule has 0 radical (unpaired) electrons. The van der Waals surface area contributed by atoms with Gasteiger partial charge in [-0.25, -0.2) is 0 Å². The molecule has 220 valence electrons. The summed E-state index contributed by atoms with van der Waals surface area (Å²) in [4.78, 5) is 25.4. The van der Waals surface area contributed by atoms with E-state index in [9.17, 15) is 14.7 Å². The summed E-state index contributed by atoms with van der Waals surface area (Å²) < 4.78 is 16.3. The molecule has 0 aliphatic heterocycles. The summed E-state index contributed by atoms with van der Waals surface area (Å²) in [5.41, 5.74) is 6.74. The van der Waals surface area contributed by atoms with Crippen LogP contribution in [0.4, 0.5) is 0 Å². The van der Waals surface area contributed by atoms with Crippen LogP contribution < -0.4 is 25.8 Å². The number of carbonyl (C=O) groups is 2. The number of nitrogens with one attached hydrogen (secondary N) is 2. The van der Waals surface area contributed by atoms with Crippen LogP contribution >= 0.6 is 12.4 Å². The first-order chi connectivity index (χ1) is 17.7. The van der Waals surface area contributed by atoms with Crippen LogP contribution in [0.5, 0.6) is 11.5 Å². The summed E-state index contributed by atoms with van der Waals surface area (Å²) >= 11 is 0. The molecule has 0 heterocycles. The van der Waals surface area contributed by atoms with E-state index in [1.807, 2.05) is 0 Å². The first-order valence-electron chi connectivity index (χ1n) is 13.4. The Kier molecular flexibility index (Phi) is 18.8. The third kappa shape index (κ3) is 12.7. The van der Waals surface area contributed by atoms with Crippen LogP contribution in [0.25, 0.3) is 0 Å². The number of para-hydroxylation sites is 1. The van der Waals surface area contributed by atoms with Crippen molar-refractivity contribution in [2.24, 2.45) is 23.5 Å². The lowest BCUT2D eigenvalue weighted by atomic mass is 9.86. The molecule has 2 amide bonds. The second-order valence-electron chi connectivity index (χ2n) is 9.99. The van der Waals surface area contributed by atoms with Crippen LogP contribution in [0.3, 0.4) is 0 Å². The smallest absolute Gasteiger partial charge is 0.255 e. The second kappa shape index (κ2) is 19.9. The zero-order valence-electron chi connectivity index (χ0n) is 24.0. The Morgan fingerprint density at radius 2 is 1.76 bits per heavy atom. The van der Waals surface area contributed by atoms with E-state index in [1.165, 1.54) is 7.11 Å². The van der Waals surface area contributed by atoms with E-state index in [0.717, 1.165) is 12.8 Å². The van der Waals surface area contributed by atoms with E-state index in [4.69, 9.17) is 19.9 Å². The van der Waals surface area contributed by atoms with Gasteiger partial charge in [0.05, 0.1) is 25.4 Å². The molecule has 4 unspecified atom stereocenters. The Bertz CT molecular complexity index is 811. The van der Waals surface area contributed by atoms with E-state index < -0.39 is 12.1 Å². The van der Waals surface area contributed by atoms with Crippen molar-refractivity contribution in [1.82, 2.24) is 10.6 Å². The minimum Gasteiger partial charge on any atom is -0.493 e. The number of unbranched alkanes of at least 4 members (excludes halogenated alkanes) is 1. The molecule has 0 bridgehead atoms. The molecular weight excluding hydrogens is 510 g/mol. The number of carbonyl (C=O) groups excluding carboxylic acids is 2. The van der Waals surface area contributed by atoms with Crippen molar-refractivity contribution in [3.63, 3.8) is 0 Å². The lowest BCUT2D eigenvalue weighted by molar-refractivity contribution is -0.125. The van der Waals surface area contributed by atoms with Crippen LogP contribution in [0.1, 0.15) is 70.2 Å². The van der Waals surface area contributed by atoms with Gasteiger partial charge >= 0.3 is 0 Å². The number of methoxy groups -OCH3 is 2. The van der Waals surface area contributed by atoms with E-state index in [1.54, 1.807) is 32.2 Å². The molecule has 0 saturated heterocycles.